The molecule has 0 aliphatic heterocycles. The van der Waals surface area contributed by atoms with Crippen LogP contribution in [0.1, 0.15) is 12.5 Å². The molecule has 1 aromatic rings. The van der Waals surface area contributed by atoms with Crippen molar-refractivity contribution in [3.05, 3.63) is 78.9 Å². The van der Waals surface area contributed by atoms with E-state index >= 15 is 0 Å². The monoisotopic (exact) mass is 196 g/mol. The largest absolute Gasteiger partial charge is 0.0984 e. The smallest absolute Gasteiger partial charge is 0.0118 e. The van der Waals surface area contributed by atoms with Crippen LogP contribution in [0.2, 0.25) is 0 Å². The predicted molar refractivity (Wildman–Crippen MR) is 68.6 cm³/mol. The summed E-state index contributed by atoms with van der Waals surface area (Å²) >= 11 is 0. The normalized spacial score (nSPS) is 12.3. The van der Waals surface area contributed by atoms with E-state index in [-0.39, 0.29) is 0 Å². The molecule has 0 fully saturated rings. The molecule has 0 nitrogen and oxygen atoms in total. The first-order valence-electron chi connectivity index (χ1n) is 5.00. The molecule has 0 N–H and O–H groups in total. The molecular weight excluding hydrogens is 180 g/mol. The molecule has 0 aliphatic carbocycles. The van der Waals surface area contributed by atoms with Crippen molar-refractivity contribution in [2.75, 3.05) is 0 Å². The van der Waals surface area contributed by atoms with Gasteiger partial charge < -0.3 is 0 Å². The summed E-state index contributed by atoms with van der Waals surface area (Å²) in [6.07, 6.45) is 7.76. The van der Waals surface area contributed by atoms with E-state index in [4.69, 9.17) is 0 Å². The molecule has 0 aromatic heterocycles. The molecule has 0 heteroatoms. The third kappa shape index (κ3) is 2.81. The fraction of sp³-hybridized carbons (Fsp3) is 0.0667. The molecule has 0 heterocycles. The standard InChI is InChI=1S/C15H16/c1-4-10-13(5-2)15(6-3)14-11-8-7-9-12-14/h4-12H,2-3H2,1H3. The fourth-order valence-corrected chi connectivity index (χ4v) is 1.47. The van der Waals surface area contributed by atoms with Gasteiger partial charge in [-0.3, -0.25) is 0 Å². The van der Waals surface area contributed by atoms with Crippen molar-refractivity contribution in [3.8, 4) is 0 Å². The first-order chi connectivity index (χ1) is 7.33. The average molecular weight is 196 g/mol. The van der Waals surface area contributed by atoms with Crippen LogP contribution in [-0.2, 0) is 0 Å². The number of benzene rings is 1. The van der Waals surface area contributed by atoms with Crippen LogP contribution in [0.5, 0.6) is 0 Å². The van der Waals surface area contributed by atoms with E-state index in [1.54, 1.807) is 0 Å². The van der Waals surface area contributed by atoms with Crippen LogP contribution >= 0.6 is 0 Å². The summed E-state index contributed by atoms with van der Waals surface area (Å²) in [5, 5.41) is 0. The molecule has 0 spiro atoms. The number of hydrogen-bond acceptors (Lipinski definition) is 0. The van der Waals surface area contributed by atoms with E-state index in [1.165, 1.54) is 5.56 Å². The lowest BCUT2D eigenvalue weighted by Crippen LogP contribution is -1.84. The van der Waals surface area contributed by atoms with Crippen molar-refractivity contribution in [1.29, 1.82) is 0 Å². The minimum Gasteiger partial charge on any atom is -0.0984 e. The maximum absolute atomic E-state index is 3.85. The van der Waals surface area contributed by atoms with Crippen molar-refractivity contribution >= 4 is 5.57 Å². The van der Waals surface area contributed by atoms with Gasteiger partial charge in [-0.1, -0.05) is 67.8 Å². The number of hydrogen-bond donors (Lipinski definition) is 0. The molecule has 0 saturated carbocycles. The first kappa shape index (κ1) is 11.3. The summed E-state index contributed by atoms with van der Waals surface area (Å²) in [5.74, 6) is 0. The zero-order valence-corrected chi connectivity index (χ0v) is 9.11. The van der Waals surface area contributed by atoms with Gasteiger partial charge in [0.05, 0.1) is 0 Å². The molecule has 0 atom stereocenters. The van der Waals surface area contributed by atoms with Gasteiger partial charge in [-0.25, -0.2) is 0 Å². The molecule has 15 heavy (non-hydrogen) atoms. The van der Waals surface area contributed by atoms with Gasteiger partial charge >= 0.3 is 0 Å². The zero-order chi connectivity index (χ0) is 11.1. The second-order valence-electron chi connectivity index (χ2n) is 3.14. The van der Waals surface area contributed by atoms with E-state index in [9.17, 15) is 0 Å². The topological polar surface area (TPSA) is 0 Å². The van der Waals surface area contributed by atoms with Crippen LogP contribution in [0.25, 0.3) is 5.57 Å². The highest BCUT2D eigenvalue weighted by Crippen LogP contribution is 2.21. The highest BCUT2D eigenvalue weighted by atomic mass is 14.0. The Balaban J connectivity index is 3.28. The molecule has 76 valence electrons. The molecule has 0 aliphatic rings. The summed E-state index contributed by atoms with van der Waals surface area (Å²) in [6.45, 7) is 9.66. The van der Waals surface area contributed by atoms with Gasteiger partial charge in [-0.05, 0) is 23.6 Å². The van der Waals surface area contributed by atoms with Crippen LogP contribution < -0.4 is 0 Å². The minimum atomic E-state index is 1.10. The summed E-state index contributed by atoms with van der Waals surface area (Å²) in [5.41, 5.74) is 3.38. The third-order valence-electron chi connectivity index (χ3n) is 2.17. The van der Waals surface area contributed by atoms with Crippen LogP contribution in [0, 0.1) is 0 Å². The van der Waals surface area contributed by atoms with Crippen LogP contribution in [0.4, 0.5) is 0 Å². The lowest BCUT2D eigenvalue weighted by Gasteiger charge is -2.05. The van der Waals surface area contributed by atoms with E-state index in [2.05, 4.69) is 25.3 Å². The Bertz CT molecular complexity index is 391. The minimum absolute atomic E-state index is 1.10. The lowest BCUT2D eigenvalue weighted by molar-refractivity contribution is 1.57. The predicted octanol–water partition coefficient (Wildman–Crippen LogP) is 4.39. The molecule has 0 unspecified atom stereocenters. The Kier molecular flexibility index (Phi) is 4.36. The van der Waals surface area contributed by atoms with Crippen LogP contribution in [0.15, 0.2) is 73.4 Å². The van der Waals surface area contributed by atoms with Gasteiger partial charge in [0.15, 0.2) is 0 Å². The molecule has 1 aromatic carbocycles. The molecular formula is C15H16. The van der Waals surface area contributed by atoms with Crippen molar-refractivity contribution in [1.82, 2.24) is 0 Å². The SMILES string of the molecule is C=CC(C=CC)=C(C=C)c1ccccc1. The second-order valence-corrected chi connectivity index (χ2v) is 3.14. The Hall–Kier alpha value is -1.82. The summed E-state index contributed by atoms with van der Waals surface area (Å²) in [4.78, 5) is 0. The van der Waals surface area contributed by atoms with E-state index < -0.39 is 0 Å². The highest BCUT2D eigenvalue weighted by Gasteiger charge is 1.99. The first-order valence-corrected chi connectivity index (χ1v) is 5.00. The Morgan fingerprint density at radius 1 is 1.07 bits per heavy atom. The van der Waals surface area contributed by atoms with E-state index in [0.717, 1.165) is 11.1 Å². The fourth-order valence-electron chi connectivity index (χ4n) is 1.47. The van der Waals surface area contributed by atoms with Crippen molar-refractivity contribution in [2.45, 2.75) is 6.92 Å². The van der Waals surface area contributed by atoms with Crippen molar-refractivity contribution in [3.63, 3.8) is 0 Å². The Morgan fingerprint density at radius 3 is 2.20 bits per heavy atom. The van der Waals surface area contributed by atoms with E-state index in [1.807, 2.05) is 49.4 Å². The van der Waals surface area contributed by atoms with Gasteiger partial charge in [0.1, 0.15) is 0 Å². The highest BCUT2D eigenvalue weighted by molar-refractivity contribution is 5.79. The lowest BCUT2D eigenvalue weighted by atomic mass is 9.99. The summed E-state index contributed by atoms with van der Waals surface area (Å²) in [6, 6.07) is 10.2. The average Bonchev–Trinajstić information content (AvgIpc) is 2.30. The maximum Gasteiger partial charge on any atom is -0.0118 e. The van der Waals surface area contributed by atoms with E-state index in [0.29, 0.717) is 0 Å². The van der Waals surface area contributed by atoms with Gasteiger partial charge in [-0.2, -0.15) is 0 Å². The summed E-state index contributed by atoms with van der Waals surface area (Å²) in [7, 11) is 0. The molecule has 0 amide bonds. The van der Waals surface area contributed by atoms with Crippen molar-refractivity contribution in [2.24, 2.45) is 0 Å². The zero-order valence-electron chi connectivity index (χ0n) is 9.11. The Labute approximate surface area is 92.0 Å². The number of allylic oxidation sites excluding steroid dienone is 6. The van der Waals surface area contributed by atoms with Gasteiger partial charge in [-0.15, -0.1) is 0 Å². The number of rotatable bonds is 4. The molecule has 0 saturated heterocycles. The van der Waals surface area contributed by atoms with Gasteiger partial charge in [0.25, 0.3) is 0 Å². The van der Waals surface area contributed by atoms with Crippen LogP contribution in [0.3, 0.4) is 0 Å². The van der Waals surface area contributed by atoms with Gasteiger partial charge in [0, 0.05) is 0 Å². The quantitative estimate of drug-likeness (QED) is 0.626. The molecule has 0 bridgehead atoms. The Morgan fingerprint density at radius 2 is 1.73 bits per heavy atom. The van der Waals surface area contributed by atoms with Gasteiger partial charge in [0.2, 0.25) is 0 Å². The second kappa shape index (κ2) is 5.82. The third-order valence-corrected chi connectivity index (χ3v) is 2.17. The summed E-state index contributed by atoms with van der Waals surface area (Å²) < 4.78 is 0. The van der Waals surface area contributed by atoms with Crippen molar-refractivity contribution < 1.29 is 0 Å². The van der Waals surface area contributed by atoms with Crippen LogP contribution in [-0.4, -0.2) is 0 Å². The maximum atomic E-state index is 3.85. The molecule has 1 rings (SSSR count). The molecule has 0 radical (unpaired) electrons.